The van der Waals surface area contributed by atoms with Crippen molar-refractivity contribution in [1.29, 1.82) is 0 Å². The lowest BCUT2D eigenvalue weighted by Gasteiger charge is -2.21. The maximum absolute atomic E-state index is 10.5. The Morgan fingerprint density at radius 3 is 1.11 bits per heavy atom. The molecule has 3 aromatic heterocycles. The number of aromatic nitrogens is 6. The van der Waals surface area contributed by atoms with E-state index in [1.807, 2.05) is 17.8 Å². The van der Waals surface area contributed by atoms with Crippen LogP contribution in [0.1, 0.15) is 117 Å². The van der Waals surface area contributed by atoms with Crippen molar-refractivity contribution in [2.45, 2.75) is 131 Å². The van der Waals surface area contributed by atoms with Crippen molar-refractivity contribution >= 4 is 92.5 Å². The van der Waals surface area contributed by atoms with Gasteiger partial charge in [0.05, 0.1) is 13.6 Å². The van der Waals surface area contributed by atoms with E-state index in [0.717, 1.165) is 18.6 Å². The van der Waals surface area contributed by atoms with Gasteiger partial charge in [-0.25, -0.2) is 84.9 Å². The van der Waals surface area contributed by atoms with Crippen LogP contribution in [-0.4, -0.2) is 106 Å². The van der Waals surface area contributed by atoms with Gasteiger partial charge in [0.2, 0.25) is 12.7 Å². The second-order valence-electron chi connectivity index (χ2n) is 21.1. The Kier molecular flexibility index (Phi) is 18.8. The van der Waals surface area contributed by atoms with Crippen LogP contribution in [0.15, 0.2) is 80.4 Å². The summed E-state index contributed by atoms with van der Waals surface area (Å²) in [6, 6.07) is 10.6. The van der Waals surface area contributed by atoms with Crippen LogP contribution in [0.5, 0.6) is 0 Å². The van der Waals surface area contributed by atoms with Gasteiger partial charge in [-0.3, -0.25) is 0 Å². The van der Waals surface area contributed by atoms with Crippen molar-refractivity contribution < 1.29 is 127 Å². The molecule has 0 atom stereocenters. The third-order valence-electron chi connectivity index (χ3n) is 14.3. The largest absolute Gasteiger partial charge is 0.786 e. The van der Waals surface area contributed by atoms with E-state index in [1.165, 1.54) is 109 Å². The molecule has 13 rings (SSSR count). The van der Waals surface area contributed by atoms with Crippen LogP contribution < -0.4 is 13.7 Å². The summed E-state index contributed by atoms with van der Waals surface area (Å²) in [6.07, 6.45) is 33.7. The van der Waals surface area contributed by atoms with Gasteiger partial charge in [0.1, 0.15) is 60.6 Å². The van der Waals surface area contributed by atoms with Gasteiger partial charge in [-0.05, 0) is 122 Å². The van der Waals surface area contributed by atoms with Gasteiger partial charge in [-0.2, -0.15) is 0 Å². The smallest absolute Gasteiger partial charge is 0.576 e. The first-order valence-electron chi connectivity index (χ1n) is 27.7. The molecule has 460 valence electrons. The van der Waals surface area contributed by atoms with Crippen LogP contribution >= 0.6 is 0 Å². The summed E-state index contributed by atoms with van der Waals surface area (Å²) in [7, 11) is 2.02. The minimum Gasteiger partial charge on any atom is -0.576 e. The summed E-state index contributed by atoms with van der Waals surface area (Å²) in [5, 5.41) is 0. The van der Waals surface area contributed by atoms with Crippen LogP contribution in [-0.2, 0) is 127 Å². The molecule has 0 N–H and O–H groups in total. The number of hydrogen-bond acceptors (Lipinski definition) is 24. The lowest BCUT2D eigenvalue weighted by Crippen LogP contribution is -2.40. The summed E-state index contributed by atoms with van der Waals surface area (Å²) in [6.45, 7) is 6.33. The van der Waals surface area contributed by atoms with Crippen LogP contribution in [0.2, 0.25) is 0 Å². The van der Waals surface area contributed by atoms with Crippen LogP contribution in [0.4, 0.5) is 0 Å². The molecule has 9 heterocycles. The van der Waals surface area contributed by atoms with Crippen molar-refractivity contribution in [3.63, 3.8) is 0 Å². The average molecular weight is 1210 g/mol. The molecule has 2 aromatic carbocycles. The molecule has 8 fully saturated rings. The Hall–Kier alpha value is -10.1. The number of carbonyl (C=O) groups excluding carboxylic acids is 12. The van der Waals surface area contributed by atoms with Gasteiger partial charge in [0.25, 0.3) is 6.33 Å². The van der Waals surface area contributed by atoms with E-state index < -0.39 is 92.5 Å². The van der Waals surface area contributed by atoms with Crippen molar-refractivity contribution in [1.82, 2.24) is 13.7 Å². The van der Waals surface area contributed by atoms with E-state index in [2.05, 4.69) is 201 Å². The average Bonchev–Trinajstić information content (AvgIpc) is 2.36. The molecule has 30 nitrogen and oxygen atoms in total. The number of imidazole rings is 3. The van der Waals surface area contributed by atoms with Crippen LogP contribution in [0.3, 0.4) is 0 Å². The highest BCUT2D eigenvalue weighted by Gasteiger charge is 2.62. The first-order valence-corrected chi connectivity index (χ1v) is 27.7. The number of carbonyl (C=O) groups is 12. The molecule has 6 aliphatic heterocycles. The zero-order valence-electron chi connectivity index (χ0n) is 48.7. The molecule has 0 amide bonds. The molecule has 2 saturated carbocycles. The first kappa shape index (κ1) is 62.9. The van der Waals surface area contributed by atoms with Crippen LogP contribution in [0, 0.1) is 41.5 Å². The fraction of sp³-hybridized carbons (Fsp3) is 0.389. The zero-order valence-corrected chi connectivity index (χ0v) is 48.7. The third kappa shape index (κ3) is 14.9. The molecule has 0 radical (unpaired) electrons. The van der Waals surface area contributed by atoms with E-state index in [1.54, 1.807) is 0 Å². The molecule has 5 aromatic rings. The summed E-state index contributed by atoms with van der Waals surface area (Å²) in [5.74, 6) is -16.5. The third-order valence-corrected chi connectivity index (χ3v) is 14.3. The Labute approximate surface area is 495 Å². The SMILES string of the molecule is CCn1cc[n+](C)c1.Cc1cc(C)c(-n2cc[n+](-c3c(C)cc(C)cc3C)c2)c(C)c1.O=C1O[B-]2(OC1=O)OC(=O)C(=O)O2.O=C1O[B-]2(OC1=O)OC(=O)C(=O)O2.O=C1O[B-]2(OC1=O)OC(=O)C(=O)O2.c1c[n+](C2CCCCC2)cn1C1CCCCC1. The number of nitrogens with zero attached hydrogens (tertiary/aromatic N) is 6. The normalized spacial score (nSPS) is 19.3. The molecule has 3 spiro atoms. The van der Waals surface area contributed by atoms with Gasteiger partial charge < -0.3 is 55.9 Å². The van der Waals surface area contributed by atoms with Crippen molar-refractivity contribution in [2.24, 2.45) is 7.05 Å². The van der Waals surface area contributed by atoms with Gasteiger partial charge >= 0.3 is 92.5 Å². The molecule has 0 bridgehead atoms. The Morgan fingerprint density at radius 2 is 0.782 bits per heavy atom. The number of benzene rings is 2. The molecule has 6 saturated heterocycles. The summed E-state index contributed by atoms with van der Waals surface area (Å²) < 4.78 is 63.1. The summed E-state index contributed by atoms with van der Waals surface area (Å²) in [5.41, 5.74) is 10.4. The highest BCUT2D eigenvalue weighted by Crippen LogP contribution is 2.30. The van der Waals surface area contributed by atoms with E-state index in [-0.39, 0.29) is 0 Å². The summed E-state index contributed by atoms with van der Waals surface area (Å²) in [4.78, 5) is 126. The second-order valence-corrected chi connectivity index (χ2v) is 21.1. The highest BCUT2D eigenvalue weighted by molar-refractivity contribution is 6.75. The van der Waals surface area contributed by atoms with E-state index >= 15 is 0 Å². The number of aryl methyl sites for hydroxylation is 8. The zero-order chi connectivity index (χ0) is 63.1. The fourth-order valence-electron chi connectivity index (χ4n) is 10.6. The lowest BCUT2D eigenvalue weighted by molar-refractivity contribution is -0.725. The first-order chi connectivity index (χ1) is 41.2. The minimum absolute atomic E-state index is 0.786. The minimum atomic E-state index is -3.30. The van der Waals surface area contributed by atoms with Gasteiger partial charge in [0, 0.05) is 0 Å². The summed E-state index contributed by atoms with van der Waals surface area (Å²) >= 11 is 0. The Morgan fingerprint density at radius 1 is 0.425 bits per heavy atom. The Bertz CT molecular complexity index is 3090. The van der Waals surface area contributed by atoms with E-state index in [4.69, 9.17) is 0 Å². The van der Waals surface area contributed by atoms with Gasteiger partial charge in [0.15, 0.2) is 0 Å². The predicted octanol–water partition coefficient (Wildman–Crippen LogP) is 1.59. The highest BCUT2D eigenvalue weighted by atomic mass is 17.0. The molecule has 2 aliphatic carbocycles. The standard InChI is InChI=1S/C21H25N2.C15H25N2.C6H11N2.3C4BO8/c1-14-9-16(3)20(17(4)10-14)22-7-8-23(13-22)21-18(5)11-15(2)12-19(21)6;1-3-7-14(8-4-1)16-11-12-17(13-16)15-9-5-2-6-10-15;1-3-8-5-4-7(2)6-8;3*6-1-2(7)11-5(10-1)12-3(8)4(9)13-5/h7-13H,1-6H3;11-15H,1-10H2;4-6H,3H2,1-2H3;;;/q3*+1;3*-1. The maximum Gasteiger partial charge on any atom is 0.786 e. The number of hydrogen-bond donors (Lipinski definition) is 0. The van der Waals surface area contributed by atoms with Crippen molar-refractivity contribution in [3.8, 4) is 11.4 Å². The van der Waals surface area contributed by atoms with Crippen molar-refractivity contribution in [2.75, 3.05) is 0 Å². The van der Waals surface area contributed by atoms with Crippen LogP contribution in [0.25, 0.3) is 11.4 Å². The van der Waals surface area contributed by atoms with E-state index in [9.17, 15) is 57.5 Å². The molecule has 8 aliphatic rings. The molecule has 0 unspecified atom stereocenters. The fourth-order valence-corrected chi connectivity index (χ4v) is 10.6. The van der Waals surface area contributed by atoms with Gasteiger partial charge in [-0.15, -0.1) is 0 Å². The Balaban J connectivity index is 0.000000139. The topological polar surface area (TPSA) is 342 Å². The molecular weight excluding hydrogens is 1150 g/mol. The predicted molar refractivity (Wildman–Crippen MR) is 286 cm³/mol. The monoisotopic (exact) mass is 1210 g/mol. The number of rotatable bonds is 5. The van der Waals surface area contributed by atoms with Gasteiger partial charge in [-0.1, -0.05) is 48.2 Å². The molecule has 33 heteroatoms. The van der Waals surface area contributed by atoms with Crippen molar-refractivity contribution in [3.05, 3.63) is 114 Å². The molecular formula is C54H61B3N6O24. The molecule has 87 heavy (non-hydrogen) atoms. The second kappa shape index (κ2) is 26.0. The quantitative estimate of drug-likeness (QED) is 0.137. The van der Waals surface area contributed by atoms with E-state index in [0.29, 0.717) is 0 Å². The lowest BCUT2D eigenvalue weighted by atomic mass is 9.95. The maximum atomic E-state index is 10.5.